The van der Waals surface area contributed by atoms with E-state index >= 15 is 0 Å². The molecule has 0 rings (SSSR count). The van der Waals surface area contributed by atoms with Gasteiger partial charge in [-0.25, -0.2) is 0 Å². The first kappa shape index (κ1) is 35.5. The Labute approximate surface area is 228 Å². The molecule has 216 valence electrons. The lowest BCUT2D eigenvalue weighted by Crippen LogP contribution is -2.30. The summed E-state index contributed by atoms with van der Waals surface area (Å²) in [6.07, 6.45) is 35.0. The molecule has 0 bridgehead atoms. The molecule has 0 heterocycles. The van der Waals surface area contributed by atoms with E-state index in [2.05, 4.69) is 27.7 Å². The Morgan fingerprint density at radius 2 is 0.722 bits per heavy atom. The molecule has 0 aromatic carbocycles. The first-order valence-electron chi connectivity index (χ1n) is 16.8. The first-order valence-corrected chi connectivity index (χ1v) is 16.8. The molecule has 2 nitrogen and oxygen atoms in total. The van der Waals surface area contributed by atoms with Gasteiger partial charge >= 0.3 is 5.97 Å². The predicted molar refractivity (Wildman–Crippen MR) is 161 cm³/mol. The highest BCUT2D eigenvalue weighted by atomic mass is 16.5. The summed E-state index contributed by atoms with van der Waals surface area (Å²) in [6, 6.07) is 0. The largest absolute Gasteiger partial charge is 0.465 e. The van der Waals surface area contributed by atoms with Crippen LogP contribution in [0.3, 0.4) is 0 Å². The van der Waals surface area contributed by atoms with Gasteiger partial charge in [0.25, 0.3) is 0 Å². The highest BCUT2D eigenvalue weighted by molar-refractivity contribution is 5.76. The third-order valence-corrected chi connectivity index (χ3v) is 8.14. The van der Waals surface area contributed by atoms with Crippen LogP contribution in [0.25, 0.3) is 0 Å². The van der Waals surface area contributed by atoms with Crippen molar-refractivity contribution in [3.8, 4) is 0 Å². The summed E-state index contributed by atoms with van der Waals surface area (Å²) in [5.74, 6) is 0.0878. The van der Waals surface area contributed by atoms with Crippen LogP contribution in [0.5, 0.6) is 0 Å². The van der Waals surface area contributed by atoms with Crippen LogP contribution < -0.4 is 0 Å². The molecule has 36 heavy (non-hydrogen) atoms. The molecular formula is C34H68O2. The van der Waals surface area contributed by atoms with Crippen molar-refractivity contribution in [1.82, 2.24) is 0 Å². The molecule has 1 unspecified atom stereocenters. The van der Waals surface area contributed by atoms with Gasteiger partial charge in [0.1, 0.15) is 0 Å². The number of carbonyl (C=O) groups excluding carboxylic acids is 1. The van der Waals surface area contributed by atoms with Crippen molar-refractivity contribution in [2.45, 2.75) is 201 Å². The SMILES string of the molecule is CCCCCCCCCCCCOC(=O)C(C)(CCCCCCC)CCCCCCCCCCCC. The first-order chi connectivity index (χ1) is 17.6. The van der Waals surface area contributed by atoms with Gasteiger partial charge in [0.2, 0.25) is 0 Å². The van der Waals surface area contributed by atoms with Crippen molar-refractivity contribution < 1.29 is 9.53 Å². The Bertz CT molecular complexity index is 446. The maximum Gasteiger partial charge on any atom is 0.311 e. The van der Waals surface area contributed by atoms with E-state index in [1.165, 1.54) is 154 Å². The second-order valence-electron chi connectivity index (χ2n) is 12.0. The van der Waals surface area contributed by atoms with Crippen LogP contribution in [0, 0.1) is 5.41 Å². The lowest BCUT2D eigenvalue weighted by Gasteiger charge is -2.27. The van der Waals surface area contributed by atoms with Crippen molar-refractivity contribution in [2.75, 3.05) is 6.61 Å². The number of unbranched alkanes of at least 4 members (excludes halogenated alkanes) is 22. The summed E-state index contributed by atoms with van der Waals surface area (Å²) >= 11 is 0. The second kappa shape index (κ2) is 27.5. The molecule has 0 aliphatic carbocycles. The fraction of sp³-hybridized carbons (Fsp3) is 0.971. The Balaban J connectivity index is 4.11. The van der Waals surface area contributed by atoms with Crippen molar-refractivity contribution >= 4 is 5.97 Å². The number of hydrogen-bond acceptors (Lipinski definition) is 2. The average Bonchev–Trinajstić information content (AvgIpc) is 2.88. The Morgan fingerprint density at radius 1 is 0.444 bits per heavy atom. The smallest absolute Gasteiger partial charge is 0.311 e. The van der Waals surface area contributed by atoms with Crippen LogP contribution in [0.4, 0.5) is 0 Å². The van der Waals surface area contributed by atoms with E-state index in [4.69, 9.17) is 4.74 Å². The van der Waals surface area contributed by atoms with Gasteiger partial charge in [-0.2, -0.15) is 0 Å². The van der Waals surface area contributed by atoms with E-state index in [0.717, 1.165) is 19.3 Å². The normalized spacial score (nSPS) is 13.1. The fourth-order valence-electron chi connectivity index (χ4n) is 5.38. The highest BCUT2D eigenvalue weighted by Crippen LogP contribution is 2.33. The molecule has 1 atom stereocenters. The third kappa shape index (κ3) is 22.7. The van der Waals surface area contributed by atoms with Crippen molar-refractivity contribution in [3.63, 3.8) is 0 Å². The number of esters is 1. The quantitative estimate of drug-likeness (QED) is 0.0741. The molecule has 0 saturated heterocycles. The molecule has 0 aromatic rings. The standard InChI is InChI=1S/C34H68O2/c1-5-8-11-14-16-18-20-22-25-28-31-34(4,30-27-24-13-10-7-3)33(35)36-32-29-26-23-21-19-17-15-12-9-6-2/h5-32H2,1-4H3. The van der Waals surface area contributed by atoms with Crippen LogP contribution in [-0.4, -0.2) is 12.6 Å². The van der Waals surface area contributed by atoms with E-state index in [1.54, 1.807) is 0 Å². The Morgan fingerprint density at radius 3 is 1.06 bits per heavy atom. The number of ether oxygens (including phenoxy) is 1. The summed E-state index contributed by atoms with van der Waals surface area (Å²) < 4.78 is 5.86. The van der Waals surface area contributed by atoms with Crippen LogP contribution >= 0.6 is 0 Å². The van der Waals surface area contributed by atoms with Gasteiger partial charge in [-0.1, -0.05) is 175 Å². The van der Waals surface area contributed by atoms with Crippen molar-refractivity contribution in [3.05, 3.63) is 0 Å². The fourth-order valence-corrected chi connectivity index (χ4v) is 5.38. The molecule has 2 heteroatoms. The Kier molecular flexibility index (Phi) is 27.1. The van der Waals surface area contributed by atoms with Crippen molar-refractivity contribution in [2.24, 2.45) is 5.41 Å². The summed E-state index contributed by atoms with van der Waals surface area (Å²) in [5.41, 5.74) is -0.273. The van der Waals surface area contributed by atoms with Gasteiger partial charge < -0.3 is 4.74 Å². The maximum atomic E-state index is 13.1. The van der Waals surface area contributed by atoms with Gasteiger partial charge in [0.05, 0.1) is 12.0 Å². The van der Waals surface area contributed by atoms with Gasteiger partial charge in [0.15, 0.2) is 0 Å². The Hall–Kier alpha value is -0.530. The zero-order chi connectivity index (χ0) is 26.6. The van der Waals surface area contributed by atoms with E-state index in [1.807, 2.05) is 0 Å². The lowest BCUT2D eigenvalue weighted by molar-refractivity contribution is -0.156. The number of carbonyl (C=O) groups is 1. The summed E-state index contributed by atoms with van der Waals surface area (Å²) in [4.78, 5) is 13.1. The van der Waals surface area contributed by atoms with Crippen LogP contribution in [0.15, 0.2) is 0 Å². The second-order valence-corrected chi connectivity index (χ2v) is 12.0. The molecule has 0 amide bonds. The zero-order valence-corrected chi connectivity index (χ0v) is 25.6. The van der Waals surface area contributed by atoms with Crippen LogP contribution in [-0.2, 0) is 9.53 Å². The van der Waals surface area contributed by atoms with Crippen LogP contribution in [0.1, 0.15) is 201 Å². The minimum Gasteiger partial charge on any atom is -0.465 e. The zero-order valence-electron chi connectivity index (χ0n) is 25.6. The predicted octanol–water partition coefficient (Wildman–Crippen LogP) is 12.1. The van der Waals surface area contributed by atoms with Crippen LogP contribution in [0.2, 0.25) is 0 Å². The minimum absolute atomic E-state index is 0.0878. The molecule has 0 spiro atoms. The van der Waals surface area contributed by atoms with Gasteiger partial charge in [-0.15, -0.1) is 0 Å². The van der Waals surface area contributed by atoms with E-state index in [0.29, 0.717) is 6.61 Å². The lowest BCUT2D eigenvalue weighted by atomic mass is 9.79. The number of rotatable bonds is 29. The van der Waals surface area contributed by atoms with Gasteiger partial charge in [-0.3, -0.25) is 4.79 Å². The van der Waals surface area contributed by atoms with E-state index in [9.17, 15) is 4.79 Å². The summed E-state index contributed by atoms with van der Waals surface area (Å²) in [7, 11) is 0. The van der Waals surface area contributed by atoms with Gasteiger partial charge in [-0.05, 0) is 26.2 Å². The molecular weight excluding hydrogens is 440 g/mol. The summed E-state index contributed by atoms with van der Waals surface area (Å²) in [5, 5.41) is 0. The van der Waals surface area contributed by atoms with Gasteiger partial charge in [0, 0.05) is 0 Å². The topological polar surface area (TPSA) is 26.3 Å². The molecule has 0 fully saturated rings. The molecule has 0 N–H and O–H groups in total. The van der Waals surface area contributed by atoms with E-state index < -0.39 is 0 Å². The minimum atomic E-state index is -0.273. The highest BCUT2D eigenvalue weighted by Gasteiger charge is 2.33. The molecule has 0 radical (unpaired) electrons. The number of hydrogen-bond donors (Lipinski definition) is 0. The summed E-state index contributed by atoms with van der Waals surface area (Å²) in [6.45, 7) is 9.65. The molecule has 0 aliphatic rings. The van der Waals surface area contributed by atoms with E-state index in [-0.39, 0.29) is 11.4 Å². The average molecular weight is 509 g/mol. The van der Waals surface area contributed by atoms with Crippen molar-refractivity contribution in [1.29, 1.82) is 0 Å². The molecule has 0 aromatic heterocycles. The third-order valence-electron chi connectivity index (χ3n) is 8.14. The molecule has 0 aliphatic heterocycles. The monoisotopic (exact) mass is 509 g/mol. The molecule has 0 saturated carbocycles. The maximum absolute atomic E-state index is 13.1.